The van der Waals surface area contributed by atoms with Gasteiger partial charge < -0.3 is 10.4 Å². The van der Waals surface area contributed by atoms with Crippen molar-refractivity contribution in [2.45, 2.75) is 0 Å². The number of aryl methyl sites for hydroxylation is 1. The van der Waals surface area contributed by atoms with Crippen molar-refractivity contribution in [3.05, 3.63) is 30.0 Å². The zero-order valence-corrected chi connectivity index (χ0v) is 8.75. The number of carboxylic acids is 1. The Bertz CT molecular complexity index is 551. The van der Waals surface area contributed by atoms with E-state index in [2.05, 4.69) is 20.4 Å². The van der Waals surface area contributed by atoms with Crippen molar-refractivity contribution in [3.8, 4) is 0 Å². The summed E-state index contributed by atoms with van der Waals surface area (Å²) >= 11 is 0. The van der Waals surface area contributed by atoms with Gasteiger partial charge in [-0.25, -0.2) is 19.2 Å². The van der Waals surface area contributed by atoms with E-state index >= 15 is 0 Å². The van der Waals surface area contributed by atoms with Crippen LogP contribution in [0.25, 0.3) is 0 Å². The van der Waals surface area contributed by atoms with E-state index in [0.717, 1.165) is 12.4 Å². The van der Waals surface area contributed by atoms with E-state index in [0.29, 0.717) is 0 Å². The number of anilines is 2. The second kappa shape index (κ2) is 4.16. The Morgan fingerprint density at radius 2 is 2.06 bits per heavy atom. The van der Waals surface area contributed by atoms with Crippen molar-refractivity contribution in [2.24, 2.45) is 7.05 Å². The van der Waals surface area contributed by atoms with Crippen LogP contribution in [-0.4, -0.2) is 30.8 Å². The molecule has 0 unspecified atom stereocenters. The van der Waals surface area contributed by atoms with Crippen LogP contribution in [0.4, 0.5) is 16.2 Å². The first kappa shape index (κ1) is 11.0. The van der Waals surface area contributed by atoms with Crippen molar-refractivity contribution >= 4 is 17.7 Å². The highest BCUT2D eigenvalue weighted by Gasteiger charge is 2.15. The molecular formula is C9H8FN5O2. The van der Waals surface area contributed by atoms with Crippen molar-refractivity contribution < 1.29 is 14.3 Å². The summed E-state index contributed by atoms with van der Waals surface area (Å²) in [6.45, 7) is 0. The van der Waals surface area contributed by atoms with E-state index in [1.807, 2.05) is 0 Å². The average Bonchev–Trinajstić information content (AvgIpc) is 2.64. The molecule has 88 valence electrons. The molecule has 0 aromatic carbocycles. The van der Waals surface area contributed by atoms with E-state index in [9.17, 15) is 9.18 Å². The number of aromatic carboxylic acids is 1. The highest BCUT2D eigenvalue weighted by Crippen LogP contribution is 2.17. The minimum Gasteiger partial charge on any atom is -0.477 e. The van der Waals surface area contributed by atoms with E-state index in [1.165, 1.54) is 10.9 Å². The van der Waals surface area contributed by atoms with E-state index in [-0.39, 0.29) is 17.3 Å². The quantitative estimate of drug-likeness (QED) is 0.819. The number of halogens is 1. The van der Waals surface area contributed by atoms with Gasteiger partial charge >= 0.3 is 5.97 Å². The molecule has 0 fully saturated rings. The number of carbonyl (C=O) groups is 1. The van der Waals surface area contributed by atoms with Crippen molar-refractivity contribution in [1.82, 2.24) is 19.7 Å². The van der Waals surface area contributed by atoms with Gasteiger partial charge in [0.05, 0.1) is 18.6 Å². The molecule has 2 rings (SSSR count). The van der Waals surface area contributed by atoms with Gasteiger partial charge in [0.2, 0.25) is 5.95 Å². The highest BCUT2D eigenvalue weighted by atomic mass is 19.1. The number of carboxylic acid groups (broad SMARTS) is 1. The summed E-state index contributed by atoms with van der Waals surface area (Å²) in [6.07, 6.45) is 3.16. The Hall–Kier alpha value is -2.51. The molecule has 7 nitrogen and oxygen atoms in total. The standard InChI is InChI=1S/C9H8FN5O2/c1-15-7(6(4-13-15)8(16)17)14-9-11-2-5(10)3-12-9/h2-4H,1H3,(H,16,17)(H,11,12,14). The smallest absolute Gasteiger partial charge is 0.341 e. The molecule has 2 heterocycles. The van der Waals surface area contributed by atoms with Crippen LogP contribution in [0.2, 0.25) is 0 Å². The Labute approximate surface area is 94.9 Å². The number of rotatable bonds is 3. The molecule has 0 radical (unpaired) electrons. The van der Waals surface area contributed by atoms with Gasteiger partial charge in [-0.05, 0) is 0 Å². The van der Waals surface area contributed by atoms with Crippen molar-refractivity contribution in [1.29, 1.82) is 0 Å². The zero-order chi connectivity index (χ0) is 12.4. The first-order valence-corrected chi connectivity index (χ1v) is 4.58. The number of nitrogens with one attached hydrogen (secondary N) is 1. The fourth-order valence-corrected chi connectivity index (χ4v) is 1.23. The van der Waals surface area contributed by atoms with Crippen LogP contribution < -0.4 is 5.32 Å². The fourth-order valence-electron chi connectivity index (χ4n) is 1.23. The highest BCUT2D eigenvalue weighted by molar-refractivity contribution is 5.93. The molecule has 17 heavy (non-hydrogen) atoms. The van der Waals surface area contributed by atoms with Crippen LogP contribution in [0.3, 0.4) is 0 Å². The van der Waals surface area contributed by atoms with Gasteiger partial charge in [0, 0.05) is 7.05 Å². The third-order valence-electron chi connectivity index (χ3n) is 2.02. The second-order valence-electron chi connectivity index (χ2n) is 3.19. The van der Waals surface area contributed by atoms with E-state index in [4.69, 9.17) is 5.11 Å². The summed E-state index contributed by atoms with van der Waals surface area (Å²) in [4.78, 5) is 18.2. The topological polar surface area (TPSA) is 92.9 Å². The van der Waals surface area contributed by atoms with Crippen LogP contribution in [0, 0.1) is 5.82 Å². The molecule has 2 aromatic rings. The summed E-state index contributed by atoms with van der Waals surface area (Å²) in [5, 5.41) is 15.4. The normalized spacial score (nSPS) is 10.2. The van der Waals surface area contributed by atoms with Crippen molar-refractivity contribution in [3.63, 3.8) is 0 Å². The molecule has 0 aliphatic rings. The molecule has 2 N–H and O–H groups in total. The van der Waals surface area contributed by atoms with Gasteiger partial charge in [0.1, 0.15) is 11.4 Å². The third kappa shape index (κ3) is 2.19. The minimum absolute atomic E-state index is 0.0135. The molecule has 0 saturated carbocycles. The Kier molecular flexibility index (Phi) is 2.69. The van der Waals surface area contributed by atoms with Gasteiger partial charge in [-0.15, -0.1) is 0 Å². The maximum atomic E-state index is 12.6. The first-order valence-electron chi connectivity index (χ1n) is 4.58. The summed E-state index contributed by atoms with van der Waals surface area (Å²) in [5.41, 5.74) is -0.0135. The molecular weight excluding hydrogens is 229 g/mol. The Morgan fingerprint density at radius 1 is 1.41 bits per heavy atom. The first-order chi connectivity index (χ1) is 8.08. The molecule has 0 atom stereocenters. The lowest BCUT2D eigenvalue weighted by molar-refractivity contribution is 0.0698. The van der Waals surface area contributed by atoms with Crippen LogP contribution in [0.1, 0.15) is 10.4 Å². The number of aromatic nitrogens is 4. The van der Waals surface area contributed by atoms with Crippen LogP contribution in [-0.2, 0) is 7.05 Å². The Balaban J connectivity index is 2.32. The molecule has 0 bridgehead atoms. The molecule has 2 aromatic heterocycles. The van der Waals surface area contributed by atoms with Gasteiger partial charge in [0.25, 0.3) is 0 Å². The number of hydrogen-bond acceptors (Lipinski definition) is 5. The summed E-state index contributed by atoms with van der Waals surface area (Å²) in [5.74, 6) is -1.37. The second-order valence-corrected chi connectivity index (χ2v) is 3.19. The van der Waals surface area contributed by atoms with E-state index in [1.54, 1.807) is 7.05 Å². The maximum absolute atomic E-state index is 12.6. The van der Waals surface area contributed by atoms with Crippen molar-refractivity contribution in [2.75, 3.05) is 5.32 Å². The number of hydrogen-bond donors (Lipinski definition) is 2. The molecule has 0 amide bonds. The summed E-state index contributed by atoms with van der Waals surface area (Å²) < 4.78 is 13.9. The predicted octanol–water partition coefficient (Wildman–Crippen LogP) is 0.791. The summed E-state index contributed by atoms with van der Waals surface area (Å²) in [7, 11) is 1.57. The zero-order valence-electron chi connectivity index (χ0n) is 8.75. The van der Waals surface area contributed by atoms with Crippen LogP contribution in [0.5, 0.6) is 0 Å². The van der Waals surface area contributed by atoms with Gasteiger partial charge in [0.15, 0.2) is 5.82 Å². The molecule has 0 saturated heterocycles. The summed E-state index contributed by atoms with van der Waals surface area (Å²) in [6, 6.07) is 0. The lowest BCUT2D eigenvalue weighted by Crippen LogP contribution is -2.06. The maximum Gasteiger partial charge on any atom is 0.341 e. The molecule has 0 spiro atoms. The van der Waals surface area contributed by atoms with Crippen LogP contribution >= 0.6 is 0 Å². The van der Waals surface area contributed by atoms with Gasteiger partial charge in [-0.2, -0.15) is 5.10 Å². The van der Waals surface area contributed by atoms with Crippen LogP contribution in [0.15, 0.2) is 18.6 Å². The molecule has 0 aliphatic carbocycles. The fraction of sp³-hybridized carbons (Fsp3) is 0.111. The third-order valence-corrected chi connectivity index (χ3v) is 2.02. The van der Waals surface area contributed by atoms with E-state index < -0.39 is 11.8 Å². The molecule has 8 heteroatoms. The largest absolute Gasteiger partial charge is 0.477 e. The predicted molar refractivity (Wildman–Crippen MR) is 55.4 cm³/mol. The lowest BCUT2D eigenvalue weighted by atomic mass is 10.3. The SMILES string of the molecule is Cn1ncc(C(=O)O)c1Nc1ncc(F)cn1. The average molecular weight is 237 g/mol. The lowest BCUT2D eigenvalue weighted by Gasteiger charge is -2.05. The molecule has 0 aliphatic heterocycles. The monoisotopic (exact) mass is 237 g/mol. The van der Waals surface area contributed by atoms with Gasteiger partial charge in [-0.1, -0.05) is 0 Å². The number of nitrogens with zero attached hydrogens (tertiary/aromatic N) is 4. The van der Waals surface area contributed by atoms with Gasteiger partial charge in [-0.3, -0.25) is 4.68 Å². The minimum atomic E-state index is -1.12. The Morgan fingerprint density at radius 3 is 2.65 bits per heavy atom.